The van der Waals surface area contributed by atoms with Crippen LogP contribution in [0.15, 0.2) is 12.3 Å². The second-order valence-corrected chi connectivity index (χ2v) is 3.83. The van der Waals surface area contributed by atoms with Crippen LogP contribution in [0.25, 0.3) is 0 Å². The molecule has 4 nitrogen and oxygen atoms in total. The van der Waals surface area contributed by atoms with Gasteiger partial charge in [-0.25, -0.2) is 9.97 Å². The van der Waals surface area contributed by atoms with Crippen LogP contribution in [0.2, 0.25) is 0 Å². The molecule has 76 valence electrons. The minimum absolute atomic E-state index is 0.269. The van der Waals surface area contributed by atoms with Crippen LogP contribution in [0.1, 0.15) is 25.1 Å². The maximum atomic E-state index is 5.96. The highest BCUT2D eigenvalue weighted by atomic mass is 15.1. The highest BCUT2D eigenvalue weighted by Crippen LogP contribution is 2.20. The van der Waals surface area contributed by atoms with Gasteiger partial charge in [-0.15, -0.1) is 0 Å². The summed E-state index contributed by atoms with van der Waals surface area (Å²) >= 11 is 0. The Labute approximate surface area is 83.9 Å². The predicted octanol–water partition coefficient (Wildman–Crippen LogP) is 1.08. The van der Waals surface area contributed by atoms with Gasteiger partial charge in [0.15, 0.2) is 0 Å². The van der Waals surface area contributed by atoms with Crippen LogP contribution in [0.5, 0.6) is 0 Å². The fourth-order valence-corrected chi connectivity index (χ4v) is 1.89. The molecular weight excluding hydrogens is 176 g/mol. The summed E-state index contributed by atoms with van der Waals surface area (Å²) in [6.07, 6.45) is 5.24. The lowest BCUT2D eigenvalue weighted by Crippen LogP contribution is -2.35. The van der Waals surface area contributed by atoms with E-state index in [1.54, 1.807) is 6.20 Å². The first-order valence-corrected chi connectivity index (χ1v) is 5.07. The lowest BCUT2D eigenvalue weighted by molar-refractivity contribution is 0.635. The molecule has 0 spiro atoms. The largest absolute Gasteiger partial charge is 0.366 e. The van der Waals surface area contributed by atoms with Crippen molar-refractivity contribution in [1.29, 1.82) is 0 Å². The molecule has 1 aliphatic carbocycles. The molecule has 14 heavy (non-hydrogen) atoms. The molecular formula is C10H16N4. The van der Waals surface area contributed by atoms with Crippen molar-refractivity contribution >= 4 is 5.82 Å². The number of rotatable bonds is 2. The fourth-order valence-electron chi connectivity index (χ4n) is 1.89. The highest BCUT2D eigenvalue weighted by Gasteiger charge is 2.23. The van der Waals surface area contributed by atoms with Crippen LogP contribution in [0.4, 0.5) is 5.82 Å². The average molecular weight is 192 g/mol. The zero-order valence-corrected chi connectivity index (χ0v) is 8.40. The van der Waals surface area contributed by atoms with E-state index in [4.69, 9.17) is 5.73 Å². The molecule has 0 amide bonds. The number of nitrogens with zero attached hydrogens (tertiary/aromatic N) is 2. The highest BCUT2D eigenvalue weighted by molar-refractivity contribution is 5.35. The second kappa shape index (κ2) is 3.92. The lowest BCUT2D eigenvalue weighted by atomic mass is 10.2. The van der Waals surface area contributed by atoms with E-state index in [0.717, 1.165) is 24.5 Å². The number of hydrogen-bond acceptors (Lipinski definition) is 4. The zero-order chi connectivity index (χ0) is 9.97. The van der Waals surface area contributed by atoms with Crippen LogP contribution in [0.3, 0.4) is 0 Å². The first-order valence-electron chi connectivity index (χ1n) is 5.07. The summed E-state index contributed by atoms with van der Waals surface area (Å²) in [7, 11) is 0. The molecule has 0 radical (unpaired) electrons. The fraction of sp³-hybridized carbons (Fsp3) is 0.600. The van der Waals surface area contributed by atoms with Crippen molar-refractivity contribution in [1.82, 2.24) is 9.97 Å². The van der Waals surface area contributed by atoms with Crippen LogP contribution in [-0.2, 0) is 0 Å². The van der Waals surface area contributed by atoms with E-state index < -0.39 is 0 Å². The molecule has 3 N–H and O–H groups in total. The molecule has 1 fully saturated rings. The molecule has 0 aromatic carbocycles. The van der Waals surface area contributed by atoms with Crippen LogP contribution in [-0.4, -0.2) is 22.1 Å². The van der Waals surface area contributed by atoms with E-state index in [1.165, 1.54) is 6.42 Å². The Morgan fingerprint density at radius 2 is 2.36 bits per heavy atom. The quantitative estimate of drug-likeness (QED) is 0.736. The Morgan fingerprint density at radius 1 is 1.50 bits per heavy atom. The first kappa shape index (κ1) is 9.40. The summed E-state index contributed by atoms with van der Waals surface area (Å²) in [6, 6.07) is 2.53. The third-order valence-electron chi connectivity index (χ3n) is 2.68. The molecule has 2 rings (SSSR count). The summed E-state index contributed by atoms with van der Waals surface area (Å²) in [6.45, 7) is 1.89. The number of aryl methyl sites for hydroxylation is 1. The van der Waals surface area contributed by atoms with Gasteiger partial charge in [-0.3, -0.25) is 0 Å². The van der Waals surface area contributed by atoms with Crippen molar-refractivity contribution in [3.63, 3.8) is 0 Å². The molecule has 0 bridgehead atoms. The van der Waals surface area contributed by atoms with Crippen molar-refractivity contribution in [3.8, 4) is 0 Å². The molecule has 1 heterocycles. The normalized spacial score (nSPS) is 26.4. The van der Waals surface area contributed by atoms with Crippen LogP contribution >= 0.6 is 0 Å². The van der Waals surface area contributed by atoms with Gasteiger partial charge in [-0.2, -0.15) is 0 Å². The molecule has 4 heteroatoms. The third-order valence-corrected chi connectivity index (χ3v) is 2.68. The van der Waals surface area contributed by atoms with E-state index in [9.17, 15) is 0 Å². The van der Waals surface area contributed by atoms with Gasteiger partial charge < -0.3 is 11.1 Å². The minimum atomic E-state index is 0.269. The zero-order valence-electron chi connectivity index (χ0n) is 8.40. The molecule has 0 aliphatic heterocycles. The Bertz CT molecular complexity index is 313. The minimum Gasteiger partial charge on any atom is -0.366 e. The maximum Gasteiger partial charge on any atom is 0.129 e. The molecule has 2 atom stereocenters. The van der Waals surface area contributed by atoms with E-state index in [0.29, 0.717) is 6.04 Å². The third kappa shape index (κ3) is 2.01. The van der Waals surface area contributed by atoms with Gasteiger partial charge in [0, 0.05) is 18.3 Å². The van der Waals surface area contributed by atoms with Crippen molar-refractivity contribution in [2.75, 3.05) is 5.32 Å². The topological polar surface area (TPSA) is 63.8 Å². The van der Waals surface area contributed by atoms with Gasteiger partial charge in [-0.05, 0) is 32.3 Å². The summed E-state index contributed by atoms with van der Waals surface area (Å²) < 4.78 is 0. The van der Waals surface area contributed by atoms with Crippen LogP contribution < -0.4 is 11.1 Å². The van der Waals surface area contributed by atoms with Crippen molar-refractivity contribution in [2.45, 2.75) is 38.3 Å². The van der Waals surface area contributed by atoms with Gasteiger partial charge in [0.25, 0.3) is 0 Å². The molecule has 1 aliphatic rings. The maximum absolute atomic E-state index is 5.96. The summed E-state index contributed by atoms with van der Waals surface area (Å²) in [5.74, 6) is 1.68. The number of nitrogens with one attached hydrogen (secondary N) is 1. The summed E-state index contributed by atoms with van der Waals surface area (Å²) in [4.78, 5) is 8.34. The molecule has 1 aromatic heterocycles. The molecule has 2 unspecified atom stereocenters. The standard InChI is InChI=1S/C10H16N4/c1-7-12-6-5-10(13-7)14-9-4-2-3-8(9)11/h5-6,8-9H,2-4,11H2,1H3,(H,12,13,14). The van der Waals surface area contributed by atoms with Gasteiger partial charge in [0.05, 0.1) is 0 Å². The number of aromatic nitrogens is 2. The van der Waals surface area contributed by atoms with Gasteiger partial charge >= 0.3 is 0 Å². The van der Waals surface area contributed by atoms with Crippen molar-refractivity contribution < 1.29 is 0 Å². The molecule has 1 aromatic rings. The van der Waals surface area contributed by atoms with E-state index in [2.05, 4.69) is 15.3 Å². The number of nitrogens with two attached hydrogens (primary N) is 1. The lowest BCUT2D eigenvalue weighted by Gasteiger charge is -2.17. The van der Waals surface area contributed by atoms with Gasteiger partial charge in [-0.1, -0.05) is 0 Å². The number of anilines is 1. The van der Waals surface area contributed by atoms with Crippen molar-refractivity contribution in [2.24, 2.45) is 5.73 Å². The summed E-state index contributed by atoms with van der Waals surface area (Å²) in [5.41, 5.74) is 5.96. The SMILES string of the molecule is Cc1nccc(NC2CCCC2N)n1. The Kier molecular flexibility index (Phi) is 2.63. The Hall–Kier alpha value is -1.16. The van der Waals surface area contributed by atoms with Gasteiger partial charge in [0.2, 0.25) is 0 Å². The number of hydrogen-bond donors (Lipinski definition) is 2. The van der Waals surface area contributed by atoms with Gasteiger partial charge in [0.1, 0.15) is 11.6 Å². The second-order valence-electron chi connectivity index (χ2n) is 3.83. The molecule has 0 saturated heterocycles. The predicted molar refractivity (Wildman–Crippen MR) is 56.0 cm³/mol. The van der Waals surface area contributed by atoms with E-state index >= 15 is 0 Å². The van der Waals surface area contributed by atoms with E-state index in [1.807, 2.05) is 13.0 Å². The van der Waals surface area contributed by atoms with Crippen molar-refractivity contribution in [3.05, 3.63) is 18.1 Å². The Morgan fingerprint density at radius 3 is 3.00 bits per heavy atom. The smallest absolute Gasteiger partial charge is 0.129 e. The Balaban J connectivity index is 2.03. The molecule has 1 saturated carbocycles. The average Bonchev–Trinajstić information content (AvgIpc) is 2.52. The van der Waals surface area contributed by atoms with Crippen LogP contribution in [0, 0.1) is 6.92 Å². The van der Waals surface area contributed by atoms with E-state index in [-0.39, 0.29) is 6.04 Å². The summed E-state index contributed by atoms with van der Waals surface area (Å²) in [5, 5.41) is 3.36. The monoisotopic (exact) mass is 192 g/mol. The first-order chi connectivity index (χ1) is 6.75.